The lowest BCUT2D eigenvalue weighted by molar-refractivity contribution is -0.137. The van der Waals surface area contributed by atoms with Crippen LogP contribution in [0.15, 0.2) is 54.6 Å². The highest BCUT2D eigenvalue weighted by Crippen LogP contribution is 2.38. The summed E-state index contributed by atoms with van der Waals surface area (Å²) in [6, 6.07) is 17.8. The Kier molecular flexibility index (Phi) is 8.07. The molecule has 0 radical (unpaired) electrons. The van der Waals surface area contributed by atoms with Gasteiger partial charge >= 0.3 is 5.97 Å². The zero-order chi connectivity index (χ0) is 27.5. The number of hydrogen-bond donors (Lipinski definition) is 3. The molecule has 0 saturated carbocycles. The Balaban J connectivity index is 1.23. The molecule has 0 unspecified atom stereocenters. The van der Waals surface area contributed by atoms with Crippen molar-refractivity contribution < 1.29 is 39.1 Å². The third kappa shape index (κ3) is 6.36. The van der Waals surface area contributed by atoms with Crippen LogP contribution in [0.3, 0.4) is 0 Å². The molecule has 0 aliphatic carbocycles. The molecule has 0 bridgehead atoms. The van der Waals surface area contributed by atoms with E-state index in [0.29, 0.717) is 37.7 Å². The summed E-state index contributed by atoms with van der Waals surface area (Å²) >= 11 is 0. The van der Waals surface area contributed by atoms with Crippen LogP contribution in [0.25, 0.3) is 11.1 Å². The quantitative estimate of drug-likeness (QED) is 0.370. The van der Waals surface area contributed by atoms with Crippen LogP contribution in [0.2, 0.25) is 0 Å². The highest BCUT2D eigenvalue weighted by molar-refractivity contribution is 5.72. The van der Waals surface area contributed by atoms with Gasteiger partial charge in [-0.3, -0.25) is 4.79 Å². The first-order valence-electron chi connectivity index (χ1n) is 13.2. The minimum absolute atomic E-state index is 0.0516. The van der Waals surface area contributed by atoms with Gasteiger partial charge in [0, 0.05) is 24.0 Å². The number of aliphatic hydroxyl groups is 2. The van der Waals surface area contributed by atoms with Gasteiger partial charge in [-0.05, 0) is 65.9 Å². The molecule has 2 aliphatic rings. The number of rotatable bonds is 9. The number of ether oxygens (including phenoxy) is 4. The molecular weight excluding hydrogens is 500 g/mol. The van der Waals surface area contributed by atoms with E-state index in [9.17, 15) is 15.0 Å². The van der Waals surface area contributed by atoms with E-state index in [1.54, 1.807) is 0 Å². The summed E-state index contributed by atoms with van der Waals surface area (Å²) in [6.07, 6.45) is -1.50. The number of carbonyl (C=O) groups is 1. The normalized spacial score (nSPS) is 22.2. The van der Waals surface area contributed by atoms with E-state index in [1.807, 2.05) is 42.5 Å². The fourth-order valence-corrected chi connectivity index (χ4v) is 5.32. The van der Waals surface area contributed by atoms with Crippen molar-refractivity contribution in [2.75, 3.05) is 19.8 Å². The predicted molar refractivity (Wildman–Crippen MR) is 144 cm³/mol. The third-order valence-electron chi connectivity index (χ3n) is 7.30. The zero-order valence-electron chi connectivity index (χ0n) is 22.1. The minimum atomic E-state index is -0.841. The molecule has 3 aromatic carbocycles. The van der Waals surface area contributed by atoms with Crippen molar-refractivity contribution >= 4 is 5.97 Å². The summed E-state index contributed by atoms with van der Waals surface area (Å²) in [5, 5.41) is 28.6. The van der Waals surface area contributed by atoms with Gasteiger partial charge in [0.15, 0.2) is 0 Å². The molecule has 2 heterocycles. The smallest absolute Gasteiger partial charge is 0.304 e. The molecule has 39 heavy (non-hydrogen) atoms. The highest BCUT2D eigenvalue weighted by atomic mass is 16.5. The van der Waals surface area contributed by atoms with Crippen LogP contribution < -0.4 is 14.2 Å². The Morgan fingerprint density at radius 2 is 1.74 bits per heavy atom. The van der Waals surface area contributed by atoms with Crippen molar-refractivity contribution in [3.8, 4) is 28.4 Å². The van der Waals surface area contributed by atoms with Crippen LogP contribution in [0, 0.1) is 13.8 Å². The van der Waals surface area contributed by atoms with E-state index in [0.717, 1.165) is 39.1 Å². The molecule has 3 N–H and O–H groups in total. The van der Waals surface area contributed by atoms with Gasteiger partial charge in [-0.15, -0.1) is 0 Å². The summed E-state index contributed by atoms with van der Waals surface area (Å²) in [5.41, 5.74) is 6.30. The largest absolute Gasteiger partial charge is 0.492 e. The van der Waals surface area contributed by atoms with Gasteiger partial charge in [0.1, 0.15) is 36.6 Å². The third-order valence-corrected chi connectivity index (χ3v) is 7.30. The average Bonchev–Trinajstić information content (AvgIpc) is 3.29. The molecule has 206 valence electrons. The first-order chi connectivity index (χ1) is 18.8. The second-order valence-electron chi connectivity index (χ2n) is 10.4. The van der Waals surface area contributed by atoms with Crippen LogP contribution in [-0.4, -0.2) is 59.4 Å². The second kappa shape index (κ2) is 11.7. The fraction of sp³-hybridized carbons (Fsp3) is 0.387. The molecule has 0 aromatic heterocycles. The molecule has 4 atom stereocenters. The molecule has 2 aliphatic heterocycles. The Bertz CT molecular complexity index is 1310. The fourth-order valence-electron chi connectivity index (χ4n) is 5.32. The Morgan fingerprint density at radius 1 is 0.949 bits per heavy atom. The SMILES string of the molecule is Cc1cc(OC[C@@H]2C[C@@H](O)[C@@H](O)CO2)cc(C)c1-c1cccc(COc2ccc3c(c2)OC[C@H]3CC(=O)O)c1. The number of carboxylic acids is 1. The number of fused-ring (bicyclic) bond motifs is 1. The molecule has 8 nitrogen and oxygen atoms in total. The van der Waals surface area contributed by atoms with E-state index in [4.69, 9.17) is 24.1 Å². The van der Waals surface area contributed by atoms with Crippen LogP contribution in [-0.2, 0) is 16.1 Å². The average molecular weight is 535 g/mol. The van der Waals surface area contributed by atoms with Gasteiger partial charge in [-0.1, -0.05) is 24.3 Å². The van der Waals surface area contributed by atoms with Crippen LogP contribution in [0.1, 0.15) is 41.0 Å². The van der Waals surface area contributed by atoms with Gasteiger partial charge < -0.3 is 34.3 Å². The monoisotopic (exact) mass is 534 g/mol. The topological polar surface area (TPSA) is 115 Å². The van der Waals surface area contributed by atoms with E-state index in [-0.39, 0.29) is 25.0 Å². The standard InChI is InChI=1S/C31H34O8/c1-18-8-24(37-16-25-12-27(32)28(33)17-38-25)9-19(2)31(18)21-5-3-4-20(10-21)14-36-23-6-7-26-22(11-30(34)35)15-39-29(26)13-23/h3-10,13,22,25,27-28,32-33H,11-12,14-17H2,1-2H3,(H,34,35)/t22-,25+,27-,28+/m1/s1. The number of aliphatic hydroxyl groups excluding tert-OH is 2. The highest BCUT2D eigenvalue weighted by Gasteiger charge is 2.29. The Morgan fingerprint density at radius 3 is 2.49 bits per heavy atom. The minimum Gasteiger partial charge on any atom is -0.492 e. The lowest BCUT2D eigenvalue weighted by Crippen LogP contribution is -2.43. The van der Waals surface area contributed by atoms with E-state index < -0.39 is 18.2 Å². The number of benzene rings is 3. The summed E-state index contributed by atoms with van der Waals surface area (Å²) in [5.74, 6) is 1.13. The van der Waals surface area contributed by atoms with Crippen molar-refractivity contribution in [3.63, 3.8) is 0 Å². The molecule has 1 fully saturated rings. The zero-order valence-corrected chi connectivity index (χ0v) is 22.1. The number of aryl methyl sites for hydroxylation is 2. The number of aliphatic carboxylic acids is 1. The van der Waals surface area contributed by atoms with E-state index in [1.165, 1.54) is 0 Å². The van der Waals surface area contributed by atoms with Gasteiger partial charge in [-0.25, -0.2) is 0 Å². The summed E-state index contributed by atoms with van der Waals surface area (Å²) in [4.78, 5) is 11.1. The van der Waals surface area contributed by atoms with Gasteiger partial charge in [0.25, 0.3) is 0 Å². The van der Waals surface area contributed by atoms with Crippen LogP contribution in [0.4, 0.5) is 0 Å². The van der Waals surface area contributed by atoms with Crippen molar-refractivity contribution in [1.82, 2.24) is 0 Å². The predicted octanol–water partition coefficient (Wildman–Crippen LogP) is 4.39. The summed E-state index contributed by atoms with van der Waals surface area (Å²) < 4.78 is 23.3. The van der Waals surface area contributed by atoms with Crippen LogP contribution in [0.5, 0.6) is 17.2 Å². The molecule has 8 heteroatoms. The molecule has 5 rings (SSSR count). The molecular formula is C31H34O8. The molecule has 3 aromatic rings. The maximum Gasteiger partial charge on any atom is 0.304 e. The van der Waals surface area contributed by atoms with Crippen molar-refractivity contribution in [3.05, 3.63) is 76.9 Å². The summed E-state index contributed by atoms with van der Waals surface area (Å²) in [6.45, 7) is 5.28. The van der Waals surface area contributed by atoms with E-state index in [2.05, 4.69) is 26.0 Å². The Hall–Kier alpha value is -3.59. The second-order valence-corrected chi connectivity index (χ2v) is 10.4. The maximum absolute atomic E-state index is 11.1. The lowest BCUT2D eigenvalue weighted by Gasteiger charge is -2.30. The van der Waals surface area contributed by atoms with Crippen molar-refractivity contribution in [1.29, 1.82) is 0 Å². The maximum atomic E-state index is 11.1. The number of hydrogen-bond acceptors (Lipinski definition) is 7. The Labute approximate surface area is 227 Å². The lowest BCUT2D eigenvalue weighted by atomic mass is 9.94. The molecule has 1 saturated heterocycles. The van der Waals surface area contributed by atoms with E-state index >= 15 is 0 Å². The first-order valence-corrected chi connectivity index (χ1v) is 13.2. The van der Waals surface area contributed by atoms with Crippen LogP contribution >= 0.6 is 0 Å². The van der Waals surface area contributed by atoms with Crippen molar-refractivity contribution in [2.24, 2.45) is 0 Å². The van der Waals surface area contributed by atoms with Gasteiger partial charge in [0.05, 0.1) is 31.8 Å². The number of carboxylic acid groups (broad SMARTS) is 1. The van der Waals surface area contributed by atoms with Crippen molar-refractivity contribution in [2.45, 2.75) is 57.5 Å². The molecule has 0 amide bonds. The van der Waals surface area contributed by atoms with Gasteiger partial charge in [0.2, 0.25) is 0 Å². The van der Waals surface area contributed by atoms with Gasteiger partial charge in [-0.2, -0.15) is 0 Å². The summed E-state index contributed by atoms with van der Waals surface area (Å²) in [7, 11) is 0. The first kappa shape index (κ1) is 27.0. The molecule has 0 spiro atoms.